The lowest BCUT2D eigenvalue weighted by Gasteiger charge is -1.98. The molecular weight excluding hydrogens is 208 g/mol. The lowest BCUT2D eigenvalue weighted by atomic mass is 10.1. The molecule has 0 atom stereocenters. The Balaban J connectivity index is 2.63. The van der Waals surface area contributed by atoms with Crippen molar-refractivity contribution in [2.24, 2.45) is 0 Å². The molecule has 0 bridgehead atoms. The van der Waals surface area contributed by atoms with E-state index in [4.69, 9.17) is 0 Å². The third-order valence-electron chi connectivity index (χ3n) is 2.54. The fraction of sp³-hybridized carbons (Fsp3) is 0.200. The summed E-state index contributed by atoms with van der Waals surface area (Å²) in [5.41, 5.74) is 3.10. The molecule has 3 aromatic rings. The van der Waals surface area contributed by atoms with Gasteiger partial charge in [-0.1, -0.05) is 0 Å². The second-order valence-corrected chi connectivity index (χ2v) is 4.46. The summed E-state index contributed by atoms with van der Waals surface area (Å²) in [5, 5.41) is 9.41. The second kappa shape index (κ2) is 2.93. The summed E-state index contributed by atoms with van der Waals surface area (Å²) >= 11 is 1.59. The van der Waals surface area contributed by atoms with E-state index in [1.165, 1.54) is 0 Å². The third-order valence-corrected chi connectivity index (χ3v) is 3.54. The molecule has 0 radical (unpaired) electrons. The van der Waals surface area contributed by atoms with Crippen LogP contribution < -0.4 is 0 Å². The normalized spacial score (nSPS) is 11.3. The fourth-order valence-corrected chi connectivity index (χ4v) is 2.63. The highest BCUT2D eigenvalue weighted by Crippen LogP contribution is 2.32. The molecular formula is C10H8N4S. The highest BCUT2D eigenvalue weighted by atomic mass is 32.1. The first-order valence-electron chi connectivity index (χ1n) is 4.59. The van der Waals surface area contributed by atoms with Gasteiger partial charge in [0.1, 0.15) is 11.2 Å². The van der Waals surface area contributed by atoms with Gasteiger partial charge in [-0.15, -0.1) is 16.4 Å². The predicted molar refractivity (Wildman–Crippen MR) is 60.0 cm³/mol. The first kappa shape index (κ1) is 8.67. The van der Waals surface area contributed by atoms with Crippen LogP contribution in [-0.4, -0.2) is 20.2 Å². The van der Waals surface area contributed by atoms with E-state index >= 15 is 0 Å². The molecule has 4 nitrogen and oxygen atoms in total. The van der Waals surface area contributed by atoms with Crippen LogP contribution in [0.25, 0.3) is 20.4 Å². The van der Waals surface area contributed by atoms with E-state index in [2.05, 4.69) is 27.1 Å². The van der Waals surface area contributed by atoms with E-state index in [1.807, 2.05) is 13.1 Å². The van der Waals surface area contributed by atoms with E-state index in [1.54, 1.807) is 17.7 Å². The lowest BCUT2D eigenvalue weighted by Crippen LogP contribution is -1.90. The zero-order chi connectivity index (χ0) is 10.4. The van der Waals surface area contributed by atoms with Crippen molar-refractivity contribution in [2.75, 3.05) is 0 Å². The molecule has 15 heavy (non-hydrogen) atoms. The van der Waals surface area contributed by atoms with Crippen LogP contribution in [0.4, 0.5) is 0 Å². The van der Waals surface area contributed by atoms with Crippen molar-refractivity contribution < 1.29 is 0 Å². The summed E-state index contributed by atoms with van der Waals surface area (Å²) in [5.74, 6) is 0. The summed E-state index contributed by atoms with van der Waals surface area (Å²) in [7, 11) is 0. The molecule has 3 heterocycles. The third kappa shape index (κ3) is 1.13. The Bertz CT molecular complexity index is 659. The Kier molecular flexibility index (Phi) is 1.70. The largest absolute Gasteiger partial charge is 0.243 e. The Labute approximate surface area is 90.0 Å². The smallest absolute Gasteiger partial charge is 0.149 e. The molecule has 0 aliphatic carbocycles. The number of hydrogen-bond donors (Lipinski definition) is 0. The fourth-order valence-electron chi connectivity index (χ4n) is 1.62. The van der Waals surface area contributed by atoms with Crippen molar-refractivity contribution in [3.8, 4) is 0 Å². The molecule has 0 N–H and O–H groups in total. The van der Waals surface area contributed by atoms with Crippen molar-refractivity contribution in [1.82, 2.24) is 20.2 Å². The molecule has 5 heteroatoms. The van der Waals surface area contributed by atoms with Crippen molar-refractivity contribution in [3.63, 3.8) is 0 Å². The van der Waals surface area contributed by atoms with E-state index in [-0.39, 0.29) is 0 Å². The SMILES string of the molecule is Cc1nnc2sc3cncnc3c2c1C. The molecule has 0 aliphatic rings. The number of aromatic nitrogens is 4. The van der Waals surface area contributed by atoms with Gasteiger partial charge in [-0.3, -0.25) is 0 Å². The standard InChI is InChI=1S/C10H8N4S/c1-5-6(2)13-14-10-8(5)9-7(15-10)3-11-4-12-9/h3-4H,1-2H3. The van der Waals surface area contributed by atoms with Gasteiger partial charge >= 0.3 is 0 Å². The number of thiophene rings is 1. The van der Waals surface area contributed by atoms with Crippen molar-refractivity contribution in [2.45, 2.75) is 13.8 Å². The van der Waals surface area contributed by atoms with Gasteiger partial charge in [0.15, 0.2) is 0 Å². The van der Waals surface area contributed by atoms with E-state index in [0.29, 0.717) is 0 Å². The minimum Gasteiger partial charge on any atom is -0.243 e. The quantitative estimate of drug-likeness (QED) is 0.578. The zero-order valence-corrected chi connectivity index (χ0v) is 9.17. The van der Waals surface area contributed by atoms with Gasteiger partial charge < -0.3 is 0 Å². The van der Waals surface area contributed by atoms with Gasteiger partial charge in [0.25, 0.3) is 0 Å². The van der Waals surface area contributed by atoms with E-state index < -0.39 is 0 Å². The van der Waals surface area contributed by atoms with E-state index in [0.717, 1.165) is 31.7 Å². The van der Waals surface area contributed by atoms with Gasteiger partial charge in [0.2, 0.25) is 0 Å². The van der Waals surface area contributed by atoms with Crippen molar-refractivity contribution in [1.29, 1.82) is 0 Å². The van der Waals surface area contributed by atoms with Gasteiger partial charge in [0.05, 0.1) is 15.9 Å². The molecule has 3 aromatic heterocycles. The summed E-state index contributed by atoms with van der Waals surface area (Å²) in [6.07, 6.45) is 3.40. The molecule has 0 amide bonds. The molecule has 3 rings (SSSR count). The Morgan fingerprint density at radius 2 is 2.07 bits per heavy atom. The number of hydrogen-bond acceptors (Lipinski definition) is 5. The van der Waals surface area contributed by atoms with E-state index in [9.17, 15) is 0 Å². The molecule has 0 aromatic carbocycles. The summed E-state index contributed by atoms with van der Waals surface area (Å²) in [4.78, 5) is 9.25. The van der Waals surface area contributed by atoms with Crippen LogP contribution in [0.1, 0.15) is 11.3 Å². The van der Waals surface area contributed by atoms with Gasteiger partial charge in [0, 0.05) is 11.6 Å². The molecule has 0 unspecified atom stereocenters. The molecule has 0 aliphatic heterocycles. The number of nitrogens with zero attached hydrogens (tertiary/aromatic N) is 4. The minimum absolute atomic E-state index is 0.939. The lowest BCUT2D eigenvalue weighted by molar-refractivity contribution is 1.01. The summed E-state index contributed by atoms with van der Waals surface area (Å²) in [6, 6.07) is 0. The Morgan fingerprint density at radius 1 is 1.20 bits per heavy atom. The number of aryl methyl sites for hydroxylation is 2. The minimum atomic E-state index is 0.939. The molecule has 0 saturated heterocycles. The van der Waals surface area contributed by atoms with Gasteiger partial charge in [-0.05, 0) is 19.4 Å². The number of rotatable bonds is 0. The van der Waals surface area contributed by atoms with Gasteiger partial charge in [-0.25, -0.2) is 9.97 Å². The first-order chi connectivity index (χ1) is 7.27. The van der Waals surface area contributed by atoms with Crippen LogP contribution in [0, 0.1) is 13.8 Å². The van der Waals surface area contributed by atoms with Crippen LogP contribution in [0.3, 0.4) is 0 Å². The van der Waals surface area contributed by atoms with Crippen LogP contribution in [0.5, 0.6) is 0 Å². The maximum absolute atomic E-state index is 4.30. The van der Waals surface area contributed by atoms with Gasteiger partial charge in [-0.2, -0.15) is 5.10 Å². The molecule has 0 spiro atoms. The Morgan fingerprint density at radius 3 is 2.93 bits per heavy atom. The average molecular weight is 216 g/mol. The van der Waals surface area contributed by atoms with Crippen molar-refractivity contribution >= 4 is 31.8 Å². The predicted octanol–water partition coefficient (Wildman–Crippen LogP) is 2.25. The molecule has 0 fully saturated rings. The maximum atomic E-state index is 4.30. The average Bonchev–Trinajstić information content (AvgIpc) is 2.62. The van der Waals surface area contributed by atoms with Crippen molar-refractivity contribution in [3.05, 3.63) is 23.8 Å². The van der Waals surface area contributed by atoms with Crippen LogP contribution in [0.2, 0.25) is 0 Å². The highest BCUT2D eigenvalue weighted by molar-refractivity contribution is 7.25. The molecule has 74 valence electrons. The summed E-state index contributed by atoms with van der Waals surface area (Å²) in [6.45, 7) is 4.02. The second-order valence-electron chi connectivity index (χ2n) is 3.43. The van der Waals surface area contributed by atoms with Crippen LogP contribution in [-0.2, 0) is 0 Å². The first-order valence-corrected chi connectivity index (χ1v) is 5.41. The monoisotopic (exact) mass is 216 g/mol. The summed E-state index contributed by atoms with van der Waals surface area (Å²) < 4.78 is 1.07. The topological polar surface area (TPSA) is 51.6 Å². The van der Waals surface area contributed by atoms with Crippen LogP contribution >= 0.6 is 11.3 Å². The highest BCUT2D eigenvalue weighted by Gasteiger charge is 2.11. The Hall–Kier alpha value is -1.62. The molecule has 0 saturated carbocycles. The maximum Gasteiger partial charge on any atom is 0.149 e. The number of fused-ring (bicyclic) bond motifs is 3. The zero-order valence-electron chi connectivity index (χ0n) is 8.35. The van der Waals surface area contributed by atoms with Crippen LogP contribution in [0.15, 0.2) is 12.5 Å².